The van der Waals surface area contributed by atoms with E-state index in [1.165, 1.54) is 13.2 Å². The summed E-state index contributed by atoms with van der Waals surface area (Å²) in [6.45, 7) is 1.74. The molecule has 0 unspecified atom stereocenters. The molecule has 11 nitrogen and oxygen atoms in total. The summed E-state index contributed by atoms with van der Waals surface area (Å²) in [6.07, 6.45) is 3.32. The molecule has 0 spiro atoms. The largest absolute Gasteiger partial charge is 0.465 e. The molecule has 1 fully saturated rings. The van der Waals surface area contributed by atoms with Gasteiger partial charge in [-0.1, -0.05) is 5.21 Å². The van der Waals surface area contributed by atoms with Crippen molar-refractivity contribution in [2.24, 2.45) is 0 Å². The Balaban J connectivity index is 1.79. The second-order valence-electron chi connectivity index (χ2n) is 6.04. The third kappa shape index (κ3) is 4.26. The number of anilines is 1. The molecule has 2 heterocycles. The van der Waals surface area contributed by atoms with Gasteiger partial charge >= 0.3 is 5.97 Å². The van der Waals surface area contributed by atoms with Gasteiger partial charge in [0.25, 0.3) is 11.6 Å². The molecule has 0 atom stereocenters. The summed E-state index contributed by atoms with van der Waals surface area (Å²) in [5, 5.41) is 24.7. The molecule has 0 saturated carbocycles. The number of nitro groups is 1. The zero-order chi connectivity index (χ0) is 19.4. The van der Waals surface area contributed by atoms with E-state index < -0.39 is 16.8 Å². The number of benzene rings is 1. The van der Waals surface area contributed by atoms with Gasteiger partial charge in [-0.3, -0.25) is 14.9 Å². The minimum atomic E-state index is -0.744. The first kappa shape index (κ1) is 18.5. The van der Waals surface area contributed by atoms with E-state index in [0.29, 0.717) is 0 Å². The first-order chi connectivity index (χ1) is 13.0. The van der Waals surface area contributed by atoms with E-state index in [-0.39, 0.29) is 28.7 Å². The van der Waals surface area contributed by atoms with Crippen LogP contribution in [-0.4, -0.2) is 52.0 Å². The fourth-order valence-corrected chi connectivity index (χ4v) is 2.85. The molecule has 1 aromatic heterocycles. The number of ether oxygens (including phenoxy) is 1. The lowest BCUT2D eigenvalue weighted by molar-refractivity contribution is -0.384. The lowest BCUT2D eigenvalue weighted by atomic mass is 10.1. The summed E-state index contributed by atoms with van der Waals surface area (Å²) in [4.78, 5) is 34.5. The van der Waals surface area contributed by atoms with Gasteiger partial charge < -0.3 is 15.4 Å². The molecule has 2 aromatic rings. The van der Waals surface area contributed by atoms with Crippen LogP contribution in [0.5, 0.6) is 0 Å². The highest BCUT2D eigenvalue weighted by molar-refractivity contribution is 6.03. The summed E-state index contributed by atoms with van der Waals surface area (Å²) < 4.78 is 6.24. The summed E-state index contributed by atoms with van der Waals surface area (Å²) in [7, 11) is 1.17. The maximum Gasteiger partial charge on any atom is 0.338 e. The van der Waals surface area contributed by atoms with Crippen LogP contribution in [0.2, 0.25) is 0 Å². The number of carbonyl (C=O) groups excluding carboxylic acids is 2. The number of piperidine rings is 1. The van der Waals surface area contributed by atoms with Crippen molar-refractivity contribution in [1.29, 1.82) is 0 Å². The first-order valence-corrected chi connectivity index (χ1v) is 8.29. The van der Waals surface area contributed by atoms with Crippen LogP contribution in [0.25, 0.3) is 0 Å². The minimum absolute atomic E-state index is 0.0413. The molecule has 11 heteroatoms. The van der Waals surface area contributed by atoms with Gasteiger partial charge in [0.2, 0.25) is 0 Å². The lowest BCUT2D eigenvalue weighted by Crippen LogP contribution is -2.29. The first-order valence-electron chi connectivity index (χ1n) is 8.29. The molecule has 2 N–H and O–H groups in total. The number of esters is 1. The van der Waals surface area contributed by atoms with Gasteiger partial charge in [-0.15, -0.1) is 5.10 Å². The summed E-state index contributed by atoms with van der Waals surface area (Å²) in [5.41, 5.74) is -0.211. The van der Waals surface area contributed by atoms with Crippen molar-refractivity contribution in [1.82, 2.24) is 20.3 Å². The van der Waals surface area contributed by atoms with Gasteiger partial charge in [0, 0.05) is 17.8 Å². The van der Waals surface area contributed by atoms with Crippen LogP contribution in [0.3, 0.4) is 0 Å². The van der Waals surface area contributed by atoms with E-state index >= 15 is 0 Å². The highest BCUT2D eigenvalue weighted by Crippen LogP contribution is 2.22. The van der Waals surface area contributed by atoms with Gasteiger partial charge in [-0.2, -0.15) is 0 Å². The Labute approximate surface area is 153 Å². The normalized spacial score (nSPS) is 14.6. The number of hydrogen-bond donors (Lipinski definition) is 2. The molecule has 0 aliphatic carbocycles. The molecule has 1 aliphatic rings. The Bertz CT molecular complexity index is 874. The number of non-ortho nitro benzene ring substituents is 1. The van der Waals surface area contributed by atoms with Crippen molar-refractivity contribution >= 4 is 23.3 Å². The lowest BCUT2D eigenvalue weighted by Gasteiger charge is -2.22. The number of hydrogen-bond acceptors (Lipinski definition) is 8. The van der Waals surface area contributed by atoms with E-state index in [9.17, 15) is 19.7 Å². The number of nitro benzene ring substituents is 1. The Morgan fingerprint density at radius 1 is 1.33 bits per heavy atom. The van der Waals surface area contributed by atoms with E-state index in [4.69, 9.17) is 0 Å². The van der Waals surface area contributed by atoms with Gasteiger partial charge in [0.05, 0.1) is 29.8 Å². The van der Waals surface area contributed by atoms with Gasteiger partial charge in [-0.05, 0) is 32.0 Å². The van der Waals surface area contributed by atoms with Crippen LogP contribution in [0.1, 0.15) is 39.7 Å². The van der Waals surface area contributed by atoms with Crippen LogP contribution in [-0.2, 0) is 4.74 Å². The molecule has 3 rings (SSSR count). The Hall–Kier alpha value is -3.34. The van der Waals surface area contributed by atoms with Crippen molar-refractivity contribution in [2.75, 3.05) is 25.5 Å². The summed E-state index contributed by atoms with van der Waals surface area (Å²) in [5.74, 6) is -1.32. The van der Waals surface area contributed by atoms with Crippen LogP contribution < -0.4 is 10.6 Å². The van der Waals surface area contributed by atoms with Gasteiger partial charge in [0.15, 0.2) is 5.69 Å². The molecule has 0 bridgehead atoms. The zero-order valence-electron chi connectivity index (χ0n) is 14.5. The Kier molecular flexibility index (Phi) is 5.41. The molecule has 27 heavy (non-hydrogen) atoms. The fourth-order valence-electron chi connectivity index (χ4n) is 2.85. The zero-order valence-corrected chi connectivity index (χ0v) is 14.5. The van der Waals surface area contributed by atoms with Crippen LogP contribution in [0, 0.1) is 10.1 Å². The predicted octanol–water partition coefficient (Wildman–Crippen LogP) is 1.15. The second-order valence-corrected chi connectivity index (χ2v) is 6.04. The van der Waals surface area contributed by atoms with E-state index in [0.717, 1.165) is 38.1 Å². The summed E-state index contributed by atoms with van der Waals surface area (Å²) >= 11 is 0. The number of methoxy groups -OCH3 is 1. The van der Waals surface area contributed by atoms with Crippen molar-refractivity contribution in [2.45, 2.75) is 18.9 Å². The number of nitrogens with zero attached hydrogens (tertiary/aromatic N) is 4. The number of carbonyl (C=O) groups is 2. The molecule has 1 aliphatic heterocycles. The van der Waals surface area contributed by atoms with E-state index in [1.807, 2.05) is 0 Å². The van der Waals surface area contributed by atoms with Crippen LogP contribution >= 0.6 is 0 Å². The Morgan fingerprint density at radius 3 is 2.74 bits per heavy atom. The molecular weight excluding hydrogens is 356 g/mol. The SMILES string of the molecule is COC(=O)c1cc(NC(=O)c2cn(C3CCNCC3)nn2)cc([N+](=O)[O-])c1. The Morgan fingerprint density at radius 2 is 2.07 bits per heavy atom. The van der Waals surface area contributed by atoms with Crippen molar-refractivity contribution in [3.05, 3.63) is 45.8 Å². The number of nitrogens with one attached hydrogen (secondary N) is 2. The average molecular weight is 374 g/mol. The van der Waals surface area contributed by atoms with Crippen molar-refractivity contribution in [3.8, 4) is 0 Å². The maximum absolute atomic E-state index is 12.4. The highest BCUT2D eigenvalue weighted by Gasteiger charge is 2.20. The molecule has 1 aromatic carbocycles. The monoisotopic (exact) mass is 374 g/mol. The minimum Gasteiger partial charge on any atom is -0.465 e. The second kappa shape index (κ2) is 7.91. The van der Waals surface area contributed by atoms with Crippen molar-refractivity contribution < 1.29 is 19.2 Å². The van der Waals surface area contributed by atoms with Crippen molar-refractivity contribution in [3.63, 3.8) is 0 Å². The topological polar surface area (TPSA) is 141 Å². The van der Waals surface area contributed by atoms with E-state index in [2.05, 4.69) is 25.7 Å². The molecule has 0 radical (unpaired) electrons. The number of aromatic nitrogens is 3. The number of amides is 1. The van der Waals surface area contributed by atoms with Crippen LogP contribution in [0.4, 0.5) is 11.4 Å². The van der Waals surface area contributed by atoms with Gasteiger partial charge in [-0.25, -0.2) is 9.48 Å². The molecule has 1 amide bonds. The number of rotatable bonds is 5. The predicted molar refractivity (Wildman–Crippen MR) is 93.6 cm³/mol. The molecular formula is C16H18N6O5. The average Bonchev–Trinajstić information content (AvgIpc) is 3.18. The van der Waals surface area contributed by atoms with Crippen LogP contribution in [0.15, 0.2) is 24.4 Å². The molecule has 142 valence electrons. The fraction of sp³-hybridized carbons (Fsp3) is 0.375. The molecule has 1 saturated heterocycles. The highest BCUT2D eigenvalue weighted by atomic mass is 16.6. The quantitative estimate of drug-likeness (QED) is 0.451. The maximum atomic E-state index is 12.4. The van der Waals surface area contributed by atoms with Gasteiger partial charge in [0.1, 0.15) is 0 Å². The smallest absolute Gasteiger partial charge is 0.338 e. The standard InChI is InChI=1S/C16H18N6O5/c1-27-16(24)10-6-11(8-13(7-10)22(25)26)18-15(23)14-9-21(20-19-14)12-2-4-17-5-3-12/h6-9,12,17H,2-5H2,1H3,(H,18,23). The summed E-state index contributed by atoms with van der Waals surface area (Å²) in [6, 6.07) is 3.70. The third-order valence-electron chi connectivity index (χ3n) is 4.23. The van der Waals surface area contributed by atoms with E-state index in [1.54, 1.807) is 10.9 Å². The third-order valence-corrected chi connectivity index (χ3v) is 4.23.